The number of hydrogen-bond acceptors (Lipinski definition) is 4. The van der Waals surface area contributed by atoms with Gasteiger partial charge in [-0.05, 0) is 24.6 Å². The van der Waals surface area contributed by atoms with E-state index in [-0.39, 0.29) is 6.42 Å². The van der Waals surface area contributed by atoms with Crippen molar-refractivity contribution < 1.29 is 19.4 Å². The Balaban J connectivity index is 2.87. The van der Waals surface area contributed by atoms with Crippen LogP contribution < -0.4 is 9.96 Å². The standard InChI is InChI=1S/C13H18BNO4/c1-13(12(17)18,15-14(2)9-16)8-10-4-6-11(19-3)7-5-10/h4-7,9,15H,8H2,1-3H3,(H,17,18). The Labute approximate surface area is 113 Å². The van der Waals surface area contributed by atoms with Crippen LogP contribution in [0.15, 0.2) is 24.3 Å². The van der Waals surface area contributed by atoms with Crippen molar-refractivity contribution in [3.8, 4) is 5.75 Å². The highest BCUT2D eigenvalue weighted by Gasteiger charge is 2.35. The largest absolute Gasteiger partial charge is 0.497 e. The van der Waals surface area contributed by atoms with Gasteiger partial charge < -0.3 is 19.9 Å². The van der Waals surface area contributed by atoms with Gasteiger partial charge in [-0.25, -0.2) is 0 Å². The molecule has 0 saturated carbocycles. The van der Waals surface area contributed by atoms with E-state index in [2.05, 4.69) is 5.23 Å². The number of hydrogen-bond donors (Lipinski definition) is 2. The highest BCUT2D eigenvalue weighted by molar-refractivity contribution is 6.81. The minimum absolute atomic E-state index is 0.282. The van der Waals surface area contributed by atoms with Crippen molar-refractivity contribution in [2.45, 2.75) is 25.7 Å². The summed E-state index contributed by atoms with van der Waals surface area (Å²) in [7, 11) is 1.57. The molecule has 2 N–H and O–H groups in total. The van der Waals surface area contributed by atoms with Crippen LogP contribution in [0.25, 0.3) is 0 Å². The molecule has 19 heavy (non-hydrogen) atoms. The molecule has 1 aromatic carbocycles. The molecule has 1 unspecified atom stereocenters. The summed E-state index contributed by atoms with van der Waals surface area (Å²) in [5.74, 6) is -0.271. The number of carboxylic acids is 1. The maximum atomic E-state index is 11.4. The monoisotopic (exact) mass is 263 g/mol. The second-order valence-electron chi connectivity index (χ2n) is 4.73. The average Bonchev–Trinajstić information content (AvgIpc) is 2.39. The number of benzene rings is 1. The molecule has 0 amide bonds. The van der Waals surface area contributed by atoms with E-state index in [0.29, 0.717) is 6.19 Å². The van der Waals surface area contributed by atoms with E-state index < -0.39 is 18.4 Å². The highest BCUT2D eigenvalue weighted by atomic mass is 16.5. The average molecular weight is 263 g/mol. The molecule has 5 nitrogen and oxygen atoms in total. The van der Waals surface area contributed by atoms with Crippen molar-refractivity contribution in [3.63, 3.8) is 0 Å². The molecule has 0 radical (unpaired) electrons. The van der Waals surface area contributed by atoms with E-state index in [1.54, 1.807) is 33.0 Å². The van der Waals surface area contributed by atoms with Crippen molar-refractivity contribution in [2.24, 2.45) is 0 Å². The van der Waals surface area contributed by atoms with Gasteiger partial charge in [0.15, 0.2) is 0 Å². The van der Waals surface area contributed by atoms with Crippen LogP contribution in [0.2, 0.25) is 6.82 Å². The first-order chi connectivity index (χ1) is 8.91. The Hall–Kier alpha value is -1.82. The van der Waals surface area contributed by atoms with Crippen molar-refractivity contribution in [2.75, 3.05) is 7.11 Å². The van der Waals surface area contributed by atoms with Crippen molar-refractivity contribution in [1.82, 2.24) is 5.23 Å². The van der Waals surface area contributed by atoms with Crippen LogP contribution in [0, 0.1) is 0 Å². The third-order valence-corrected chi connectivity index (χ3v) is 2.94. The maximum absolute atomic E-state index is 11.4. The molecule has 0 saturated heterocycles. The van der Waals surface area contributed by atoms with Gasteiger partial charge in [0.25, 0.3) is 6.85 Å². The summed E-state index contributed by atoms with van der Waals surface area (Å²) in [6.07, 6.45) is 0.972. The van der Waals surface area contributed by atoms with E-state index in [0.717, 1.165) is 11.3 Å². The lowest BCUT2D eigenvalue weighted by atomic mass is 9.65. The molecular formula is C13H18BNO4. The van der Waals surface area contributed by atoms with Gasteiger partial charge in [0, 0.05) is 6.42 Å². The van der Waals surface area contributed by atoms with Gasteiger partial charge >= 0.3 is 5.97 Å². The lowest BCUT2D eigenvalue weighted by molar-refractivity contribution is -0.143. The van der Waals surface area contributed by atoms with Gasteiger partial charge in [0.1, 0.15) is 11.3 Å². The summed E-state index contributed by atoms with van der Waals surface area (Å²) < 4.78 is 5.05. The van der Waals surface area contributed by atoms with E-state index >= 15 is 0 Å². The normalized spacial score (nSPS) is 13.4. The van der Waals surface area contributed by atoms with Gasteiger partial charge in [-0.3, -0.25) is 4.79 Å². The summed E-state index contributed by atoms with van der Waals surface area (Å²) in [6, 6.07) is 7.18. The summed E-state index contributed by atoms with van der Waals surface area (Å²) in [5.41, 5.74) is -0.328. The van der Waals surface area contributed by atoms with E-state index in [4.69, 9.17) is 4.74 Å². The van der Waals surface area contributed by atoms with Crippen LogP contribution in [0.4, 0.5) is 0 Å². The number of carbonyl (C=O) groups excluding carboxylic acids is 1. The summed E-state index contributed by atoms with van der Waals surface area (Å²) in [6.45, 7) is 2.68. The number of carbonyl (C=O) groups is 2. The molecule has 102 valence electrons. The smallest absolute Gasteiger partial charge is 0.322 e. The number of carboxylic acid groups (broad SMARTS) is 1. The van der Waals surface area contributed by atoms with Gasteiger partial charge in [0.05, 0.1) is 13.3 Å². The van der Waals surface area contributed by atoms with Crippen LogP contribution in [0.3, 0.4) is 0 Å². The fourth-order valence-electron chi connectivity index (χ4n) is 1.88. The van der Waals surface area contributed by atoms with Crippen LogP contribution in [-0.4, -0.2) is 36.8 Å². The molecule has 0 bridgehead atoms. The Morgan fingerprint density at radius 3 is 2.47 bits per heavy atom. The summed E-state index contributed by atoms with van der Waals surface area (Å²) >= 11 is 0. The molecule has 0 aliphatic rings. The molecule has 6 heteroatoms. The van der Waals surface area contributed by atoms with Gasteiger partial charge in [-0.1, -0.05) is 19.0 Å². The molecule has 0 heterocycles. The van der Waals surface area contributed by atoms with Crippen LogP contribution in [-0.2, 0) is 16.0 Å². The zero-order valence-corrected chi connectivity index (χ0v) is 11.3. The molecule has 0 fully saturated rings. The molecule has 0 aromatic heterocycles. The third-order valence-electron chi connectivity index (χ3n) is 2.94. The quantitative estimate of drug-likeness (QED) is 0.568. The first-order valence-corrected chi connectivity index (χ1v) is 6.00. The summed E-state index contributed by atoms with van der Waals surface area (Å²) in [4.78, 5) is 22.1. The molecule has 0 aliphatic carbocycles. The SMILES string of the molecule is COc1ccc(CC(C)(NB(C)C=O)C(=O)O)cc1. The zero-order chi connectivity index (χ0) is 14.5. The minimum Gasteiger partial charge on any atom is -0.497 e. The zero-order valence-electron chi connectivity index (χ0n) is 11.3. The maximum Gasteiger partial charge on any atom is 0.322 e. The van der Waals surface area contributed by atoms with Gasteiger partial charge in [0.2, 0.25) is 0 Å². The number of methoxy groups -OCH3 is 1. The first kappa shape index (κ1) is 15.2. The van der Waals surface area contributed by atoms with E-state index in [1.807, 2.05) is 12.1 Å². The Morgan fingerprint density at radius 1 is 1.47 bits per heavy atom. The lowest BCUT2D eigenvalue weighted by Crippen LogP contribution is -2.57. The lowest BCUT2D eigenvalue weighted by Gasteiger charge is -2.27. The Kier molecular flexibility index (Phi) is 5.12. The number of aliphatic carboxylic acids is 1. The fourth-order valence-corrected chi connectivity index (χ4v) is 1.88. The molecule has 1 aromatic rings. The van der Waals surface area contributed by atoms with Crippen molar-refractivity contribution in [1.29, 1.82) is 0 Å². The van der Waals surface area contributed by atoms with Crippen LogP contribution >= 0.6 is 0 Å². The summed E-state index contributed by atoms with van der Waals surface area (Å²) in [5, 5.41) is 12.2. The van der Waals surface area contributed by atoms with Crippen molar-refractivity contribution in [3.05, 3.63) is 29.8 Å². The molecule has 1 atom stereocenters. The highest BCUT2D eigenvalue weighted by Crippen LogP contribution is 2.17. The molecule has 1 rings (SSSR count). The van der Waals surface area contributed by atoms with Gasteiger partial charge in [-0.2, -0.15) is 0 Å². The predicted molar refractivity (Wildman–Crippen MR) is 74.2 cm³/mol. The predicted octanol–water partition coefficient (Wildman–Crippen LogP) is 1.06. The first-order valence-electron chi connectivity index (χ1n) is 6.00. The van der Waals surface area contributed by atoms with Crippen LogP contribution in [0.1, 0.15) is 12.5 Å². The minimum atomic E-state index is -1.19. The Morgan fingerprint density at radius 2 is 2.05 bits per heavy atom. The van der Waals surface area contributed by atoms with E-state index in [1.165, 1.54) is 0 Å². The van der Waals surface area contributed by atoms with Gasteiger partial charge in [-0.15, -0.1) is 0 Å². The second kappa shape index (κ2) is 6.38. The second-order valence-corrected chi connectivity index (χ2v) is 4.73. The Bertz CT molecular complexity index is 448. The molecular weight excluding hydrogens is 245 g/mol. The third kappa shape index (κ3) is 4.10. The topological polar surface area (TPSA) is 75.6 Å². The van der Waals surface area contributed by atoms with Crippen LogP contribution in [0.5, 0.6) is 5.75 Å². The number of rotatable bonds is 7. The number of nitrogens with one attached hydrogen (secondary N) is 1. The van der Waals surface area contributed by atoms with E-state index in [9.17, 15) is 14.7 Å². The van der Waals surface area contributed by atoms with Crippen molar-refractivity contribution >= 4 is 19.0 Å². The molecule has 0 spiro atoms. The fraction of sp³-hybridized carbons (Fsp3) is 0.385. The number of ether oxygens (including phenoxy) is 1. The molecule has 0 aliphatic heterocycles.